The van der Waals surface area contributed by atoms with Gasteiger partial charge in [0.2, 0.25) is 5.91 Å². The first-order valence-electron chi connectivity index (χ1n) is 11.6. The number of carbonyl (C=O) groups excluding carboxylic acids is 1. The number of aromatic amines is 1. The van der Waals surface area contributed by atoms with Gasteiger partial charge in [-0.25, -0.2) is 0 Å². The third-order valence-corrected chi connectivity index (χ3v) is 7.85. The number of halogens is 1. The van der Waals surface area contributed by atoms with E-state index in [1.54, 1.807) is 29.8 Å². The van der Waals surface area contributed by atoms with Crippen molar-refractivity contribution in [2.24, 2.45) is 0 Å². The molecule has 2 aromatic carbocycles. The fourth-order valence-corrected chi connectivity index (χ4v) is 6.22. The van der Waals surface area contributed by atoms with Crippen LogP contribution in [0.15, 0.2) is 60.9 Å². The summed E-state index contributed by atoms with van der Waals surface area (Å²) in [6.07, 6.45) is 3.53. The molecular weight excluding hydrogens is 480 g/mol. The Hall–Kier alpha value is -2.97. The molecule has 6 nitrogen and oxygen atoms in total. The number of fused-ring (bicyclic) bond motifs is 4. The van der Waals surface area contributed by atoms with Crippen molar-refractivity contribution in [2.45, 2.75) is 32.0 Å². The maximum absolute atomic E-state index is 13.6. The minimum absolute atomic E-state index is 0.109. The highest BCUT2D eigenvalue weighted by molar-refractivity contribution is 7.19. The van der Waals surface area contributed by atoms with Crippen molar-refractivity contribution in [3.8, 4) is 0 Å². The molecule has 0 saturated carbocycles. The lowest BCUT2D eigenvalue weighted by Gasteiger charge is -2.42. The number of nitrogens with zero attached hydrogens (tertiary/aromatic N) is 2. The van der Waals surface area contributed by atoms with Crippen LogP contribution in [0.25, 0.3) is 31.9 Å². The number of anilines is 1. The van der Waals surface area contributed by atoms with Crippen LogP contribution in [0.3, 0.4) is 0 Å². The van der Waals surface area contributed by atoms with E-state index < -0.39 is 6.04 Å². The van der Waals surface area contributed by atoms with Crippen LogP contribution in [0, 0.1) is 0 Å². The number of aromatic nitrogens is 2. The van der Waals surface area contributed by atoms with Gasteiger partial charge in [0.15, 0.2) is 0 Å². The zero-order chi connectivity index (χ0) is 24.2. The van der Waals surface area contributed by atoms with Crippen LogP contribution >= 0.6 is 22.9 Å². The lowest BCUT2D eigenvalue weighted by molar-refractivity contribution is -0.144. The van der Waals surface area contributed by atoms with E-state index >= 15 is 0 Å². The zero-order valence-corrected chi connectivity index (χ0v) is 21.0. The maximum Gasteiger partial charge on any atom is 0.244 e. The third kappa shape index (κ3) is 4.29. The van der Waals surface area contributed by atoms with Crippen LogP contribution in [-0.2, 0) is 16.1 Å². The van der Waals surface area contributed by atoms with E-state index in [0.717, 1.165) is 21.8 Å². The largest absolute Gasteiger partial charge is 0.372 e. The summed E-state index contributed by atoms with van der Waals surface area (Å²) in [5, 5.41) is 6.90. The molecule has 1 atom stereocenters. The van der Waals surface area contributed by atoms with Gasteiger partial charge in [-0.1, -0.05) is 29.8 Å². The standard InChI is InChI=1S/C27H25ClN4O2S/c1-27(2)15-32(13-18-9-16-5-3-4-6-24(16)35-18)23(14-34-27)26(33)31-21-11-17(28)10-20-19-7-8-29-12-22(19)30-25(20)21/h3-12,23,30H,13-15H2,1-2H3,(H,31,33)/t23-/m0/s1. The molecule has 5 aromatic rings. The Morgan fingerprint density at radius 3 is 2.97 bits per heavy atom. The van der Waals surface area contributed by atoms with Gasteiger partial charge in [0.1, 0.15) is 6.04 Å². The molecule has 0 aliphatic carbocycles. The molecule has 2 N–H and O–H groups in total. The van der Waals surface area contributed by atoms with E-state index in [-0.39, 0.29) is 11.5 Å². The Morgan fingerprint density at radius 2 is 2.11 bits per heavy atom. The molecule has 0 spiro atoms. The topological polar surface area (TPSA) is 70.2 Å². The number of carbonyl (C=O) groups is 1. The second-order valence-electron chi connectivity index (χ2n) is 9.65. The highest BCUT2D eigenvalue weighted by Crippen LogP contribution is 2.34. The van der Waals surface area contributed by atoms with Crippen molar-refractivity contribution in [3.63, 3.8) is 0 Å². The number of pyridine rings is 1. The number of rotatable bonds is 4. The molecule has 0 unspecified atom stereocenters. The number of H-pyrrole nitrogens is 1. The molecule has 1 saturated heterocycles. The zero-order valence-electron chi connectivity index (χ0n) is 19.5. The molecule has 0 radical (unpaired) electrons. The van der Waals surface area contributed by atoms with Crippen LogP contribution < -0.4 is 5.32 Å². The summed E-state index contributed by atoms with van der Waals surface area (Å²) in [5.74, 6) is -0.109. The van der Waals surface area contributed by atoms with Crippen molar-refractivity contribution in [2.75, 3.05) is 18.5 Å². The number of hydrogen-bond donors (Lipinski definition) is 2. The Labute approximate surface area is 211 Å². The van der Waals surface area contributed by atoms with Gasteiger partial charge < -0.3 is 15.0 Å². The summed E-state index contributed by atoms with van der Waals surface area (Å²) in [7, 11) is 0. The van der Waals surface area contributed by atoms with Gasteiger partial charge in [0.25, 0.3) is 0 Å². The predicted octanol–water partition coefficient (Wildman–Crippen LogP) is 6.20. The number of amides is 1. The van der Waals surface area contributed by atoms with Gasteiger partial charge in [-0.2, -0.15) is 0 Å². The number of benzene rings is 2. The Bertz CT molecular complexity index is 1540. The van der Waals surface area contributed by atoms with Gasteiger partial charge in [0.05, 0.1) is 35.1 Å². The number of hydrogen-bond acceptors (Lipinski definition) is 5. The lowest BCUT2D eigenvalue weighted by atomic mass is 10.0. The predicted molar refractivity (Wildman–Crippen MR) is 143 cm³/mol. The van der Waals surface area contributed by atoms with Gasteiger partial charge in [-0.05, 0) is 49.6 Å². The van der Waals surface area contributed by atoms with Crippen molar-refractivity contribution < 1.29 is 9.53 Å². The SMILES string of the molecule is CC1(C)CN(Cc2cc3ccccc3s2)[C@H](C(=O)Nc2cc(Cl)cc3c2[nH]c2cnccc23)CO1. The normalized spacial score (nSPS) is 18.4. The quantitative estimate of drug-likeness (QED) is 0.305. The molecule has 1 fully saturated rings. The summed E-state index contributed by atoms with van der Waals surface area (Å²) in [4.78, 5) is 24.7. The first kappa shape index (κ1) is 22.5. The second-order valence-corrected chi connectivity index (χ2v) is 11.3. The third-order valence-electron chi connectivity index (χ3n) is 6.53. The Balaban J connectivity index is 1.31. The number of nitrogens with one attached hydrogen (secondary N) is 2. The van der Waals surface area contributed by atoms with E-state index in [1.165, 1.54) is 15.0 Å². The molecule has 1 amide bonds. The summed E-state index contributed by atoms with van der Waals surface area (Å²) >= 11 is 8.22. The molecule has 0 bridgehead atoms. The summed E-state index contributed by atoms with van der Waals surface area (Å²) < 4.78 is 7.34. The van der Waals surface area contributed by atoms with E-state index in [4.69, 9.17) is 16.3 Å². The number of thiophene rings is 1. The maximum atomic E-state index is 13.6. The minimum atomic E-state index is -0.423. The van der Waals surface area contributed by atoms with Crippen molar-refractivity contribution in [1.82, 2.24) is 14.9 Å². The van der Waals surface area contributed by atoms with Gasteiger partial charge in [0, 0.05) is 44.7 Å². The lowest BCUT2D eigenvalue weighted by Crippen LogP contribution is -2.57. The first-order chi connectivity index (χ1) is 16.9. The van der Waals surface area contributed by atoms with E-state index in [2.05, 4.69) is 64.4 Å². The fourth-order valence-electron chi connectivity index (χ4n) is 4.91. The molecule has 178 valence electrons. The first-order valence-corrected chi connectivity index (χ1v) is 12.8. The highest BCUT2D eigenvalue weighted by atomic mass is 35.5. The second kappa shape index (κ2) is 8.60. The van der Waals surface area contributed by atoms with Crippen molar-refractivity contribution in [1.29, 1.82) is 0 Å². The molecule has 35 heavy (non-hydrogen) atoms. The molecule has 6 rings (SSSR count). The number of ether oxygens (including phenoxy) is 1. The number of morpholine rings is 1. The van der Waals surface area contributed by atoms with Crippen LogP contribution in [0.2, 0.25) is 5.02 Å². The molecule has 1 aliphatic rings. The van der Waals surface area contributed by atoms with E-state index in [1.807, 2.05) is 12.1 Å². The van der Waals surface area contributed by atoms with Crippen molar-refractivity contribution in [3.05, 3.63) is 70.8 Å². The molecule has 4 heterocycles. The van der Waals surface area contributed by atoms with Crippen molar-refractivity contribution >= 4 is 66.4 Å². The Morgan fingerprint density at radius 1 is 1.26 bits per heavy atom. The van der Waals surface area contributed by atoms with E-state index in [9.17, 15) is 4.79 Å². The Kier molecular flexibility index (Phi) is 5.53. The van der Waals surface area contributed by atoms with Crippen LogP contribution in [0.4, 0.5) is 5.69 Å². The average Bonchev–Trinajstić information content (AvgIpc) is 3.39. The van der Waals surface area contributed by atoms with Crippen LogP contribution in [0.5, 0.6) is 0 Å². The summed E-state index contributed by atoms with van der Waals surface area (Å²) in [6, 6.07) is 15.8. The van der Waals surface area contributed by atoms with Gasteiger partial charge in [-0.3, -0.25) is 14.7 Å². The van der Waals surface area contributed by atoms with Gasteiger partial charge >= 0.3 is 0 Å². The highest BCUT2D eigenvalue weighted by Gasteiger charge is 2.38. The molecule has 3 aromatic heterocycles. The van der Waals surface area contributed by atoms with Crippen LogP contribution in [-0.4, -0.2) is 45.6 Å². The molecular formula is C27H25ClN4O2S. The van der Waals surface area contributed by atoms with E-state index in [0.29, 0.717) is 30.4 Å². The summed E-state index contributed by atoms with van der Waals surface area (Å²) in [5.41, 5.74) is 2.05. The molecule has 1 aliphatic heterocycles. The fraction of sp³-hybridized carbons (Fsp3) is 0.259. The van der Waals surface area contributed by atoms with Crippen LogP contribution in [0.1, 0.15) is 18.7 Å². The summed E-state index contributed by atoms with van der Waals surface area (Å²) in [6.45, 7) is 5.80. The monoisotopic (exact) mass is 504 g/mol. The average molecular weight is 505 g/mol. The smallest absolute Gasteiger partial charge is 0.244 e. The molecule has 8 heteroatoms. The van der Waals surface area contributed by atoms with Gasteiger partial charge in [-0.15, -0.1) is 11.3 Å². The minimum Gasteiger partial charge on any atom is -0.372 e.